The zero-order chi connectivity index (χ0) is 19.0. The summed E-state index contributed by atoms with van der Waals surface area (Å²) in [6.07, 6.45) is 0. The lowest BCUT2D eigenvalue weighted by Crippen LogP contribution is -2.32. The molecule has 0 spiro atoms. The molecule has 0 bridgehead atoms. The molecule has 0 heterocycles. The minimum absolute atomic E-state index is 0.0899. The first kappa shape index (κ1) is 18.4. The molecule has 0 atom stereocenters. The molecule has 0 N–H and O–H groups in total. The monoisotopic (exact) mass is 349 g/mol. The van der Waals surface area contributed by atoms with Gasteiger partial charge >= 0.3 is 0 Å². The molecule has 133 valence electrons. The maximum Gasteiger partial charge on any atom is 0.0799 e. The molecule has 0 amide bonds. The Labute approximate surface area is 156 Å². The summed E-state index contributed by atoms with van der Waals surface area (Å²) in [6, 6.07) is 0. The number of fused-ring (bicyclic) bond motifs is 3. The lowest BCUT2D eigenvalue weighted by molar-refractivity contribution is 0.650. The van der Waals surface area contributed by atoms with Crippen LogP contribution in [0.15, 0.2) is 0 Å². The normalized spacial score (nSPS) is 14.9. The summed E-state index contributed by atoms with van der Waals surface area (Å²) < 4.78 is 0. The van der Waals surface area contributed by atoms with Gasteiger partial charge in [-0.15, -0.1) is 0 Å². The van der Waals surface area contributed by atoms with Crippen molar-refractivity contribution in [1.29, 1.82) is 0 Å². The van der Waals surface area contributed by atoms with Crippen molar-refractivity contribution < 1.29 is 0 Å². The molecule has 3 rings (SSSR count). The predicted molar refractivity (Wildman–Crippen MR) is 114 cm³/mol. The lowest BCUT2D eigenvalue weighted by Gasteiger charge is -2.29. The van der Waals surface area contributed by atoms with E-state index in [4.69, 9.17) is 0 Å². The van der Waals surface area contributed by atoms with Crippen molar-refractivity contribution in [3.63, 3.8) is 0 Å². The molecule has 2 aromatic rings. The Bertz CT molecular complexity index is 911. The van der Waals surface area contributed by atoms with Crippen LogP contribution in [0.4, 0.5) is 0 Å². The smallest absolute Gasteiger partial charge is 0.0671 e. The maximum absolute atomic E-state index is 2.45. The third kappa shape index (κ3) is 2.18. The molecule has 1 aliphatic rings. The van der Waals surface area contributed by atoms with Crippen LogP contribution in [-0.4, -0.2) is 8.80 Å². The van der Waals surface area contributed by atoms with Gasteiger partial charge in [0.25, 0.3) is 0 Å². The van der Waals surface area contributed by atoms with Crippen LogP contribution in [0.1, 0.15) is 63.9 Å². The second-order valence-corrected chi connectivity index (χ2v) is 11.4. The lowest BCUT2D eigenvalue weighted by atomic mass is 9.76. The Hall–Kier alpha value is -1.34. The Morgan fingerprint density at radius 3 is 1.40 bits per heavy atom. The standard InChI is InChI=1S/C24H33Si/c1-12-13(2)16(5)21-19(14(12)3)20-15(4)17(6)23(25(10)11)18(7)22(20)24(21,8)9/h1-11H3. The van der Waals surface area contributed by atoms with Crippen molar-refractivity contribution >= 4 is 14.0 Å². The first-order chi connectivity index (χ1) is 11.4. The van der Waals surface area contributed by atoms with Crippen LogP contribution in [0.25, 0.3) is 11.1 Å². The van der Waals surface area contributed by atoms with Crippen LogP contribution >= 0.6 is 0 Å². The fraction of sp³-hybridized carbons (Fsp3) is 0.500. The van der Waals surface area contributed by atoms with Crippen molar-refractivity contribution in [2.24, 2.45) is 0 Å². The van der Waals surface area contributed by atoms with Gasteiger partial charge in [0.2, 0.25) is 0 Å². The molecule has 1 radical (unpaired) electrons. The molecule has 1 aliphatic carbocycles. The molecule has 25 heavy (non-hydrogen) atoms. The van der Waals surface area contributed by atoms with Crippen molar-refractivity contribution in [2.45, 2.75) is 80.8 Å². The van der Waals surface area contributed by atoms with E-state index in [0.29, 0.717) is 0 Å². The maximum atomic E-state index is 2.45. The van der Waals surface area contributed by atoms with E-state index in [1.165, 1.54) is 38.9 Å². The summed E-state index contributed by atoms with van der Waals surface area (Å²) in [7, 11) is -0.488. The zero-order valence-electron chi connectivity index (χ0n) is 18.0. The highest BCUT2D eigenvalue weighted by Gasteiger charge is 2.42. The second-order valence-electron chi connectivity index (χ2n) is 8.88. The van der Waals surface area contributed by atoms with Crippen molar-refractivity contribution in [3.8, 4) is 11.1 Å². The Morgan fingerprint density at radius 2 is 0.920 bits per heavy atom. The van der Waals surface area contributed by atoms with E-state index in [1.807, 2.05) is 0 Å². The molecular formula is C24H33Si. The van der Waals surface area contributed by atoms with Gasteiger partial charge < -0.3 is 0 Å². The summed E-state index contributed by atoms with van der Waals surface area (Å²) in [6.45, 7) is 26.1. The molecule has 0 saturated carbocycles. The summed E-state index contributed by atoms with van der Waals surface area (Å²) >= 11 is 0. The van der Waals surface area contributed by atoms with E-state index in [-0.39, 0.29) is 5.41 Å². The van der Waals surface area contributed by atoms with Crippen molar-refractivity contribution in [2.75, 3.05) is 0 Å². The Kier molecular flexibility index (Phi) is 4.11. The number of hydrogen-bond acceptors (Lipinski definition) is 0. The van der Waals surface area contributed by atoms with Crippen LogP contribution in [0.2, 0.25) is 13.1 Å². The topological polar surface area (TPSA) is 0 Å². The summed E-state index contributed by atoms with van der Waals surface area (Å²) in [4.78, 5) is 0. The van der Waals surface area contributed by atoms with E-state index in [1.54, 1.807) is 27.4 Å². The van der Waals surface area contributed by atoms with Gasteiger partial charge in [0.15, 0.2) is 0 Å². The Morgan fingerprint density at radius 1 is 0.520 bits per heavy atom. The molecule has 0 aliphatic heterocycles. The highest BCUT2D eigenvalue weighted by atomic mass is 28.3. The van der Waals surface area contributed by atoms with Gasteiger partial charge in [-0.1, -0.05) is 32.1 Å². The zero-order valence-corrected chi connectivity index (χ0v) is 19.0. The van der Waals surface area contributed by atoms with Crippen LogP contribution in [-0.2, 0) is 5.41 Å². The number of rotatable bonds is 1. The molecule has 0 saturated heterocycles. The van der Waals surface area contributed by atoms with Gasteiger partial charge in [-0.3, -0.25) is 0 Å². The van der Waals surface area contributed by atoms with Crippen LogP contribution in [0, 0.1) is 48.5 Å². The second kappa shape index (κ2) is 5.58. The summed E-state index contributed by atoms with van der Waals surface area (Å²) in [5.74, 6) is 0. The van der Waals surface area contributed by atoms with Gasteiger partial charge in [0, 0.05) is 5.41 Å². The molecule has 0 aromatic heterocycles. The minimum atomic E-state index is -0.488. The third-order valence-corrected chi connectivity index (χ3v) is 8.75. The van der Waals surface area contributed by atoms with Crippen molar-refractivity contribution in [1.82, 2.24) is 0 Å². The number of benzene rings is 2. The molecule has 2 aromatic carbocycles. The third-order valence-electron chi connectivity index (χ3n) is 7.00. The largest absolute Gasteiger partial charge is 0.0799 e. The van der Waals surface area contributed by atoms with E-state index >= 15 is 0 Å². The van der Waals surface area contributed by atoms with E-state index < -0.39 is 8.80 Å². The van der Waals surface area contributed by atoms with Crippen LogP contribution in [0.5, 0.6) is 0 Å². The highest BCUT2D eigenvalue weighted by molar-refractivity contribution is 6.71. The van der Waals surface area contributed by atoms with Gasteiger partial charge in [0.1, 0.15) is 0 Å². The minimum Gasteiger partial charge on any atom is -0.0671 e. The fourth-order valence-corrected chi connectivity index (χ4v) is 7.34. The van der Waals surface area contributed by atoms with Gasteiger partial charge in [-0.05, 0) is 110 Å². The fourth-order valence-electron chi connectivity index (χ4n) is 5.53. The molecule has 0 nitrogen and oxygen atoms in total. The average molecular weight is 350 g/mol. The quantitative estimate of drug-likeness (QED) is 0.545. The first-order valence-electron chi connectivity index (χ1n) is 9.50. The van der Waals surface area contributed by atoms with Crippen LogP contribution < -0.4 is 5.19 Å². The number of hydrogen-bond donors (Lipinski definition) is 0. The molecular weight excluding hydrogens is 316 g/mol. The SMILES string of the molecule is Cc1c(C)c(C)c2c(c1C)-c1c(C)c(C)c([Si](C)C)c(C)c1C2(C)C. The molecule has 0 fully saturated rings. The average Bonchev–Trinajstić information content (AvgIpc) is 2.76. The van der Waals surface area contributed by atoms with E-state index in [0.717, 1.165) is 0 Å². The van der Waals surface area contributed by atoms with E-state index in [2.05, 4.69) is 75.4 Å². The van der Waals surface area contributed by atoms with Crippen molar-refractivity contribution in [3.05, 3.63) is 50.1 Å². The van der Waals surface area contributed by atoms with Crippen LogP contribution in [0.3, 0.4) is 0 Å². The highest BCUT2D eigenvalue weighted by Crippen LogP contribution is 2.55. The van der Waals surface area contributed by atoms with Gasteiger partial charge in [0.05, 0.1) is 8.80 Å². The molecule has 1 heteroatoms. The van der Waals surface area contributed by atoms with Gasteiger partial charge in [-0.25, -0.2) is 0 Å². The van der Waals surface area contributed by atoms with E-state index in [9.17, 15) is 0 Å². The summed E-state index contributed by atoms with van der Waals surface area (Å²) in [5.41, 5.74) is 16.9. The molecule has 0 unspecified atom stereocenters. The predicted octanol–water partition coefficient (Wildman–Crippen LogP) is 6.11. The van der Waals surface area contributed by atoms with Gasteiger partial charge in [-0.2, -0.15) is 0 Å². The Balaban J connectivity index is 2.60. The summed E-state index contributed by atoms with van der Waals surface area (Å²) in [5, 5.41) is 1.66. The first-order valence-corrected chi connectivity index (χ1v) is 12.0.